The first-order valence-corrected chi connectivity index (χ1v) is 10.3. The summed E-state index contributed by atoms with van der Waals surface area (Å²) in [5.74, 6) is 1.39. The van der Waals surface area contributed by atoms with Crippen molar-refractivity contribution in [2.45, 2.75) is 13.1 Å². The number of guanidine groups is 1. The van der Waals surface area contributed by atoms with Gasteiger partial charge >= 0.3 is 0 Å². The van der Waals surface area contributed by atoms with Crippen molar-refractivity contribution >= 4 is 29.9 Å². The molecule has 3 rings (SSSR count). The van der Waals surface area contributed by atoms with E-state index >= 15 is 0 Å². The number of nitrogens with zero attached hydrogens (tertiary/aromatic N) is 3. The molecule has 1 aliphatic rings. The van der Waals surface area contributed by atoms with Gasteiger partial charge in [-0.05, 0) is 35.4 Å². The van der Waals surface area contributed by atoms with Gasteiger partial charge in [0.15, 0.2) is 5.96 Å². The van der Waals surface area contributed by atoms with Crippen molar-refractivity contribution in [3.63, 3.8) is 0 Å². The van der Waals surface area contributed by atoms with Gasteiger partial charge in [-0.1, -0.05) is 24.3 Å². The Morgan fingerprint density at radius 3 is 2.65 bits per heavy atom. The topological polar surface area (TPSA) is 49.3 Å². The van der Waals surface area contributed by atoms with Crippen LogP contribution in [0.3, 0.4) is 0 Å². The summed E-state index contributed by atoms with van der Waals surface area (Å²) in [7, 11) is 3.68. The van der Waals surface area contributed by atoms with Crippen LogP contribution in [0, 0.1) is 5.82 Å². The van der Waals surface area contributed by atoms with Crippen LogP contribution in [0.15, 0.2) is 53.5 Å². The van der Waals surface area contributed by atoms with Crippen LogP contribution in [-0.2, 0) is 17.8 Å². The zero-order valence-corrected chi connectivity index (χ0v) is 20.6. The Morgan fingerprint density at radius 1 is 1.16 bits per heavy atom. The van der Waals surface area contributed by atoms with Crippen molar-refractivity contribution in [3.05, 3.63) is 65.5 Å². The van der Waals surface area contributed by atoms with Crippen LogP contribution >= 0.6 is 24.0 Å². The van der Waals surface area contributed by atoms with E-state index in [-0.39, 0.29) is 29.8 Å². The van der Waals surface area contributed by atoms with Crippen molar-refractivity contribution in [2.75, 3.05) is 53.6 Å². The Labute approximate surface area is 201 Å². The zero-order chi connectivity index (χ0) is 21.2. The fraction of sp³-hybridized carbons (Fsp3) is 0.435. The highest BCUT2D eigenvalue weighted by Crippen LogP contribution is 2.14. The Hall–Kier alpha value is -1.91. The molecule has 1 fully saturated rings. The van der Waals surface area contributed by atoms with Crippen molar-refractivity contribution in [1.82, 2.24) is 15.1 Å². The van der Waals surface area contributed by atoms with Gasteiger partial charge in [-0.25, -0.2) is 4.39 Å². The van der Waals surface area contributed by atoms with Gasteiger partial charge in [0.05, 0.1) is 13.2 Å². The van der Waals surface area contributed by atoms with E-state index in [9.17, 15) is 4.39 Å². The molecule has 2 aromatic carbocycles. The molecule has 0 bridgehead atoms. The fourth-order valence-corrected chi connectivity index (χ4v) is 3.41. The molecule has 1 saturated heterocycles. The molecule has 0 radical (unpaired) electrons. The molecular weight excluding hydrogens is 510 g/mol. The predicted molar refractivity (Wildman–Crippen MR) is 133 cm³/mol. The number of ether oxygens (including phenoxy) is 2. The summed E-state index contributed by atoms with van der Waals surface area (Å²) in [6.07, 6.45) is 0. The lowest BCUT2D eigenvalue weighted by atomic mass is 10.2. The highest BCUT2D eigenvalue weighted by molar-refractivity contribution is 14.0. The predicted octanol–water partition coefficient (Wildman–Crippen LogP) is 3.36. The lowest BCUT2D eigenvalue weighted by molar-refractivity contribution is 0.0322. The van der Waals surface area contributed by atoms with Gasteiger partial charge in [-0.2, -0.15) is 0 Å². The number of aliphatic imine (C=N–C) groups is 1. The lowest BCUT2D eigenvalue weighted by Crippen LogP contribution is -2.38. The molecule has 6 nitrogen and oxygen atoms in total. The van der Waals surface area contributed by atoms with E-state index < -0.39 is 0 Å². The maximum Gasteiger partial charge on any atom is 0.193 e. The van der Waals surface area contributed by atoms with Crippen LogP contribution in [0.2, 0.25) is 0 Å². The van der Waals surface area contributed by atoms with Crippen molar-refractivity contribution < 1.29 is 13.9 Å². The molecule has 8 heteroatoms. The number of benzene rings is 2. The molecule has 2 aromatic rings. The quantitative estimate of drug-likeness (QED) is 0.315. The third kappa shape index (κ3) is 8.62. The molecule has 0 unspecified atom stereocenters. The highest BCUT2D eigenvalue weighted by Gasteiger charge is 2.10. The van der Waals surface area contributed by atoms with Crippen LogP contribution in [0.1, 0.15) is 11.1 Å². The zero-order valence-electron chi connectivity index (χ0n) is 18.2. The summed E-state index contributed by atoms with van der Waals surface area (Å²) in [5.41, 5.74) is 2.01. The van der Waals surface area contributed by atoms with E-state index in [0.717, 1.165) is 55.7 Å². The molecule has 1 N–H and O–H groups in total. The molecule has 1 aliphatic heterocycles. The summed E-state index contributed by atoms with van der Waals surface area (Å²) < 4.78 is 24.7. The molecule has 1 heterocycles. The molecule has 0 aromatic heterocycles. The second-order valence-corrected chi connectivity index (χ2v) is 7.34. The van der Waals surface area contributed by atoms with Gasteiger partial charge in [-0.3, -0.25) is 9.89 Å². The van der Waals surface area contributed by atoms with Gasteiger partial charge in [0.25, 0.3) is 0 Å². The molecule has 0 amide bonds. The van der Waals surface area contributed by atoms with Crippen molar-refractivity contribution in [3.8, 4) is 5.75 Å². The lowest BCUT2D eigenvalue weighted by Gasteiger charge is -2.26. The molecule has 0 aliphatic carbocycles. The Kier molecular flexibility index (Phi) is 11.0. The summed E-state index contributed by atoms with van der Waals surface area (Å²) in [5, 5.41) is 3.36. The smallest absolute Gasteiger partial charge is 0.193 e. The number of rotatable bonds is 8. The summed E-state index contributed by atoms with van der Waals surface area (Å²) in [6.45, 7) is 6.30. The third-order valence-electron chi connectivity index (χ3n) is 5.01. The molecule has 170 valence electrons. The molecular formula is C23H32FIN4O2. The Morgan fingerprint density at radius 2 is 1.90 bits per heavy atom. The monoisotopic (exact) mass is 542 g/mol. The largest absolute Gasteiger partial charge is 0.492 e. The maximum atomic E-state index is 13.4. The summed E-state index contributed by atoms with van der Waals surface area (Å²) in [4.78, 5) is 8.66. The molecule has 31 heavy (non-hydrogen) atoms. The highest BCUT2D eigenvalue weighted by atomic mass is 127. The Bertz CT molecular complexity index is 831. The van der Waals surface area contributed by atoms with Crippen molar-refractivity contribution in [2.24, 2.45) is 4.99 Å². The van der Waals surface area contributed by atoms with Crippen LogP contribution in [0.4, 0.5) is 4.39 Å². The average Bonchev–Trinajstić information content (AvgIpc) is 2.75. The van der Waals surface area contributed by atoms with Crippen LogP contribution < -0.4 is 10.1 Å². The molecule has 0 saturated carbocycles. The molecule has 0 atom stereocenters. The van der Waals surface area contributed by atoms with E-state index in [0.29, 0.717) is 19.7 Å². The number of halogens is 2. The Balaban J connectivity index is 0.00000341. The minimum absolute atomic E-state index is 0. The van der Waals surface area contributed by atoms with Crippen molar-refractivity contribution in [1.29, 1.82) is 0 Å². The second-order valence-electron chi connectivity index (χ2n) is 7.34. The third-order valence-corrected chi connectivity index (χ3v) is 5.01. The summed E-state index contributed by atoms with van der Waals surface area (Å²) in [6, 6.07) is 14.7. The normalized spacial score (nSPS) is 14.6. The van der Waals surface area contributed by atoms with Gasteiger partial charge in [0.1, 0.15) is 18.2 Å². The van der Waals surface area contributed by atoms with E-state index in [4.69, 9.17) is 9.47 Å². The van der Waals surface area contributed by atoms with Gasteiger partial charge < -0.3 is 19.7 Å². The van der Waals surface area contributed by atoms with E-state index in [1.54, 1.807) is 19.2 Å². The first kappa shape index (κ1) is 25.4. The first-order valence-electron chi connectivity index (χ1n) is 10.3. The number of hydrogen-bond acceptors (Lipinski definition) is 4. The fourth-order valence-electron chi connectivity index (χ4n) is 3.41. The minimum Gasteiger partial charge on any atom is -0.492 e. The SMILES string of the molecule is CN=C(NCc1cccc(OCCN2CCOCC2)c1)N(C)Cc1cccc(F)c1.I. The van der Waals surface area contributed by atoms with Crippen LogP contribution in [0.25, 0.3) is 0 Å². The standard InChI is InChI=1S/C23H31FN4O2.HI/c1-25-23(27(2)18-20-6-3-7-21(24)15-20)26-17-19-5-4-8-22(16-19)30-14-11-28-9-12-29-13-10-28;/h3-8,15-16H,9-14,17-18H2,1-2H3,(H,25,26);1H. The van der Waals surface area contributed by atoms with Crippen LogP contribution in [-0.4, -0.2) is 69.3 Å². The van der Waals surface area contributed by atoms with E-state index in [1.807, 2.05) is 36.2 Å². The van der Waals surface area contributed by atoms with Gasteiger partial charge in [-0.15, -0.1) is 24.0 Å². The minimum atomic E-state index is -0.228. The summed E-state index contributed by atoms with van der Waals surface area (Å²) >= 11 is 0. The van der Waals surface area contributed by atoms with Crippen LogP contribution in [0.5, 0.6) is 5.75 Å². The van der Waals surface area contributed by atoms with E-state index in [2.05, 4.69) is 21.3 Å². The number of hydrogen-bond donors (Lipinski definition) is 1. The number of morpholine rings is 1. The van der Waals surface area contributed by atoms with E-state index in [1.165, 1.54) is 6.07 Å². The van der Waals surface area contributed by atoms with Gasteiger partial charge in [0.2, 0.25) is 0 Å². The second kappa shape index (κ2) is 13.5. The first-order chi connectivity index (χ1) is 14.6. The number of nitrogens with one attached hydrogen (secondary N) is 1. The molecule has 0 spiro atoms. The maximum absolute atomic E-state index is 13.4. The van der Waals surface area contributed by atoms with Gasteiger partial charge in [0, 0.05) is 46.8 Å². The average molecular weight is 542 g/mol.